The van der Waals surface area contributed by atoms with E-state index in [1.165, 1.54) is 4.98 Å². The van der Waals surface area contributed by atoms with E-state index < -0.39 is 224 Å². The van der Waals surface area contributed by atoms with Gasteiger partial charge in [-0.25, -0.2) is 55.0 Å². The fourth-order valence-electron chi connectivity index (χ4n) is 13.5. The van der Waals surface area contributed by atoms with E-state index in [-0.39, 0.29) is 59.0 Å². The number of ether oxygens (including phenoxy) is 4. The van der Waals surface area contributed by atoms with Crippen molar-refractivity contribution in [3.05, 3.63) is 247 Å². The predicted molar refractivity (Wildman–Crippen MR) is 403 cm³/mol. The van der Waals surface area contributed by atoms with Crippen LogP contribution in [0.5, 0.6) is 23.0 Å². The van der Waals surface area contributed by atoms with Gasteiger partial charge in [-0.1, -0.05) is 70.8 Å². The maximum Gasteiger partial charge on any atom is 0.530 e. The molecule has 0 spiro atoms. The molecule has 8 N–H and O–H groups in total. The lowest BCUT2D eigenvalue weighted by Gasteiger charge is -2.28. The number of alkyl halides is 4. The van der Waals surface area contributed by atoms with E-state index in [0.29, 0.717) is 78.0 Å². The molecule has 0 saturated carbocycles. The topological polar surface area (TPSA) is 516 Å². The SMILES string of the molecule is Cc1cc(C)c2c(c1)COP(=O)(OC[C@]1(F)C[C@@H](O)[C@H](n3cc(F)c(=O)[nH]c3=O)O1)O2.[2H]C([2H])(OP1(=O)OCc2cc(C)cc(C)c2O1)[C@]1(F)C[C@@H](O)[C@H](n2cc(F)c(=O)[nH]c2=O)O1.[2H]C([2H])(OP1(=O)OCc2cc(C)cc(C)c2O1)[C@]1(F)C[C@@H](O)[C@]([2H])(n2cc(F)c(=O)[nH]c2=O)O1.[2H][C@@]1(n2cc(F)c(=O)[nH]c2=O)O[C@](F)(COP2(=O)OCc3cc(C)cc(C)c3O2)C[C@H]1O. The molecule has 0 radical (unpaired) electrons. The lowest BCUT2D eigenvalue weighted by Crippen LogP contribution is -2.37. The smallest absolute Gasteiger partial charge is 0.403 e. The van der Waals surface area contributed by atoms with Crippen LogP contribution >= 0.6 is 31.3 Å². The Kier molecular flexibility index (Phi) is 23.7. The number of phosphoric acid groups is 4. The van der Waals surface area contributed by atoms with Crippen molar-refractivity contribution in [3.63, 3.8) is 0 Å². The summed E-state index contributed by atoms with van der Waals surface area (Å²) >= 11 is 0. The monoisotopic (exact) mass is 1850 g/mol. The highest BCUT2D eigenvalue weighted by molar-refractivity contribution is 7.49. The van der Waals surface area contributed by atoms with E-state index in [1.807, 2.05) is 26.8 Å². The van der Waals surface area contributed by atoms with Crippen LogP contribution in [-0.2, 0) is 99.8 Å². The van der Waals surface area contributed by atoms with Crippen LogP contribution in [0.25, 0.3) is 0 Å². The summed E-state index contributed by atoms with van der Waals surface area (Å²) in [6, 6.07) is 14.0. The number of aliphatic hydroxyl groups excluding tert-OH is 4. The predicted octanol–water partition coefficient (Wildman–Crippen LogP) is 7.89. The molecule has 8 aliphatic heterocycles. The van der Waals surface area contributed by atoms with E-state index in [2.05, 4.69) is 0 Å². The molecule has 4 saturated heterocycles. The van der Waals surface area contributed by atoms with Gasteiger partial charge in [0.2, 0.25) is 46.7 Å². The number of phosphoric ester groups is 4. The van der Waals surface area contributed by atoms with Crippen molar-refractivity contribution < 1.29 is 155 Å². The quantitative estimate of drug-likeness (QED) is 0.0336. The summed E-state index contributed by atoms with van der Waals surface area (Å²) < 4.78 is 298. The zero-order valence-corrected chi connectivity index (χ0v) is 68.9. The molecule has 672 valence electrons. The average Bonchev–Trinajstić information content (AvgIpc) is 1.56. The average molecular weight is 1850 g/mol. The molecule has 52 heteroatoms. The molecule has 40 nitrogen and oxygen atoms in total. The lowest BCUT2D eigenvalue weighted by molar-refractivity contribution is -0.179. The standard InChI is InChI=1S/4C18H19F2N2O8P/c4*1-9-3-10(2)14-11(4-9)7-27-31(26,30-14)28-8-18(20)5-13(23)16(29-18)22-6-12(19)15(24)21-17(22)25/h4*3-4,6,13,16,23H,5,7-8H2,1-2H3,(H,21,24,25)/t4*13-,16-,18+,31?/m1111/s1/i8D2,16D;16D;8D2;. The molecular formula is C72H76F8N8O32P4. The van der Waals surface area contributed by atoms with Crippen molar-refractivity contribution in [2.45, 2.75) is 180 Å². The molecule has 4 aromatic carbocycles. The second-order valence-corrected chi connectivity index (χ2v) is 35.3. The minimum Gasteiger partial charge on any atom is -0.403 e. The Balaban J connectivity index is 0.000000148. The van der Waals surface area contributed by atoms with Crippen LogP contribution in [0.15, 0.2) is 112 Å². The van der Waals surface area contributed by atoms with Crippen molar-refractivity contribution in [3.8, 4) is 23.0 Å². The van der Waals surface area contributed by atoms with Crippen molar-refractivity contribution in [1.82, 2.24) is 38.2 Å². The summed E-state index contributed by atoms with van der Waals surface area (Å²) in [6.45, 7) is 4.15. The molecule has 0 amide bonds. The maximum atomic E-state index is 15.7. The summed E-state index contributed by atoms with van der Waals surface area (Å²) in [7, 11) is -17.9. The van der Waals surface area contributed by atoms with Crippen LogP contribution in [-0.4, -0.2) is 133 Å². The Morgan fingerprint density at radius 3 is 0.952 bits per heavy atom. The Bertz CT molecular complexity index is 6620. The van der Waals surface area contributed by atoms with Gasteiger partial charge in [0.1, 0.15) is 73.7 Å². The number of aryl methyl sites for hydroxylation is 8. The molecule has 124 heavy (non-hydrogen) atoms. The zero-order valence-electron chi connectivity index (χ0n) is 71.3. The summed E-state index contributed by atoms with van der Waals surface area (Å²) in [5.74, 6) is -17.7. The number of hydrogen-bond donors (Lipinski definition) is 8. The van der Waals surface area contributed by atoms with Gasteiger partial charge in [-0.05, 0) is 77.6 Å². The molecule has 4 aromatic heterocycles. The van der Waals surface area contributed by atoms with Crippen LogP contribution in [0.2, 0.25) is 0 Å². The molecular weight excluding hydrogens is 1760 g/mol. The van der Waals surface area contributed by atoms with Gasteiger partial charge in [0.05, 0.1) is 59.4 Å². The van der Waals surface area contributed by atoms with Gasteiger partial charge in [0.15, 0.2) is 24.9 Å². The molecule has 16 rings (SSSR count). The van der Waals surface area contributed by atoms with Crippen LogP contribution in [0.3, 0.4) is 0 Å². The van der Waals surface area contributed by atoms with Gasteiger partial charge in [-0.15, -0.1) is 0 Å². The van der Waals surface area contributed by atoms with E-state index in [1.54, 1.807) is 92.0 Å². The third-order valence-corrected chi connectivity index (χ3v) is 23.8. The van der Waals surface area contributed by atoms with Gasteiger partial charge in [0.25, 0.3) is 22.2 Å². The number of aliphatic hydroxyl groups is 4. The first-order valence-corrected chi connectivity index (χ1v) is 42.2. The van der Waals surface area contributed by atoms with Crippen LogP contribution in [0, 0.1) is 78.7 Å². The Labute approximate surface area is 698 Å². The van der Waals surface area contributed by atoms with Gasteiger partial charge in [-0.2, -0.15) is 17.6 Å². The molecule has 12 heterocycles. The Morgan fingerprint density at radius 1 is 0.387 bits per heavy atom. The van der Waals surface area contributed by atoms with Crippen molar-refractivity contribution >= 4 is 31.3 Å². The lowest BCUT2D eigenvalue weighted by atomic mass is 10.1. The van der Waals surface area contributed by atoms with Gasteiger partial charge >= 0.3 is 54.0 Å². The fourth-order valence-corrected chi connectivity index (χ4v) is 18.5. The summed E-state index contributed by atoms with van der Waals surface area (Å²) in [6.07, 6.45) is -19.7. The van der Waals surface area contributed by atoms with Crippen molar-refractivity contribution in [2.75, 3.05) is 26.3 Å². The van der Waals surface area contributed by atoms with E-state index in [9.17, 15) is 94.6 Å². The number of rotatable bonds is 16. The highest BCUT2D eigenvalue weighted by Crippen LogP contribution is 2.61. The van der Waals surface area contributed by atoms with Crippen molar-refractivity contribution in [2.24, 2.45) is 0 Å². The first-order valence-electron chi connectivity index (χ1n) is 39.3. The number of aromatic amines is 4. The summed E-state index contributed by atoms with van der Waals surface area (Å²) in [5, 5.41) is 40.8. The number of benzene rings is 4. The number of halogens is 8. The van der Waals surface area contributed by atoms with Gasteiger partial charge in [-0.3, -0.25) is 93.6 Å². The van der Waals surface area contributed by atoms with Crippen LogP contribution < -0.4 is 63.1 Å². The maximum absolute atomic E-state index is 15.7. The highest BCUT2D eigenvalue weighted by Gasteiger charge is 2.55. The number of nitrogens with zero attached hydrogens (tertiary/aromatic N) is 4. The Hall–Kier alpha value is -9.48. The first-order chi connectivity index (χ1) is 60.1. The normalized spacial score (nSPS) is 32.2. The van der Waals surface area contributed by atoms with Gasteiger partial charge < -0.3 is 57.5 Å². The number of nitrogens with one attached hydrogen (secondary N) is 4. The molecule has 4 fully saturated rings. The number of H-pyrrole nitrogens is 4. The Morgan fingerprint density at radius 2 is 0.629 bits per heavy atom. The van der Waals surface area contributed by atoms with E-state index in [4.69, 9.17) is 81.5 Å². The molecule has 0 aliphatic carbocycles. The minimum absolute atomic E-state index is 0.0451. The van der Waals surface area contributed by atoms with Crippen molar-refractivity contribution in [1.29, 1.82) is 0 Å². The molecule has 4 unspecified atom stereocenters. The zero-order chi connectivity index (χ0) is 95.6. The number of fused-ring (bicyclic) bond motifs is 4. The third-order valence-electron chi connectivity index (χ3n) is 18.8. The third kappa shape index (κ3) is 20.3. The first kappa shape index (κ1) is 84.0. The summed E-state index contributed by atoms with van der Waals surface area (Å²) in [5.41, 5.74) is -2.04. The molecule has 0 bridgehead atoms. The minimum atomic E-state index is -4.78. The van der Waals surface area contributed by atoms with E-state index >= 15 is 17.6 Å². The molecule has 16 atom stereocenters. The summed E-state index contributed by atoms with van der Waals surface area (Å²) in [4.78, 5) is 99.0. The number of aromatic nitrogens is 8. The highest BCUT2D eigenvalue weighted by atomic mass is 31.2. The van der Waals surface area contributed by atoms with Crippen LogP contribution in [0.1, 0.15) is 126 Å². The largest absolute Gasteiger partial charge is 0.530 e. The molecule has 8 aromatic rings. The fraction of sp³-hybridized carbons (Fsp3) is 0.444. The second-order valence-electron chi connectivity index (χ2n) is 29.1. The van der Waals surface area contributed by atoms with Crippen LogP contribution in [0.4, 0.5) is 35.1 Å². The van der Waals surface area contributed by atoms with E-state index in [0.717, 1.165) is 22.3 Å². The molecule has 8 aliphatic rings. The second kappa shape index (κ2) is 35.0. The number of hydrogen-bond acceptors (Lipinski definition) is 32. The van der Waals surface area contributed by atoms with Gasteiger partial charge in [0, 0.05) is 47.9 Å².